The summed E-state index contributed by atoms with van der Waals surface area (Å²) in [6, 6.07) is 11.4. The molecule has 3 rings (SSSR count). The molecular weight excluding hydrogens is 430 g/mol. The number of methoxy groups -OCH3 is 1. The Balaban J connectivity index is 1.64. The summed E-state index contributed by atoms with van der Waals surface area (Å²) in [5, 5.41) is 3.45. The van der Waals surface area contributed by atoms with Crippen LogP contribution in [-0.2, 0) is 11.3 Å². The average Bonchev–Trinajstić information content (AvgIpc) is 2.75. The highest BCUT2D eigenvalue weighted by molar-refractivity contribution is 7.99. The molecular formula is C23H27N3O3S2. The van der Waals surface area contributed by atoms with Crippen molar-refractivity contribution in [2.45, 2.75) is 31.7 Å². The molecule has 3 aromatic rings. The molecule has 0 aliphatic rings. The molecule has 0 aliphatic heterocycles. The van der Waals surface area contributed by atoms with Gasteiger partial charge in [-0.2, -0.15) is 0 Å². The van der Waals surface area contributed by atoms with E-state index in [2.05, 4.69) is 42.3 Å². The molecule has 0 radical (unpaired) electrons. The van der Waals surface area contributed by atoms with Gasteiger partial charge in [0.1, 0.15) is 0 Å². The Labute approximate surface area is 191 Å². The number of aryl methyl sites for hydroxylation is 2. The Hall–Kier alpha value is -2.42. The SMILES string of the molecule is COCCCn1c(=S)[nH]c2cc(C(=O)NCCSc3ccc(C)c(C)c3)ccc2c1=O. The Bertz CT molecular complexity index is 1200. The highest BCUT2D eigenvalue weighted by Crippen LogP contribution is 2.20. The Morgan fingerprint density at radius 2 is 2.00 bits per heavy atom. The number of rotatable bonds is 9. The van der Waals surface area contributed by atoms with Crippen molar-refractivity contribution in [3.05, 3.63) is 68.2 Å². The van der Waals surface area contributed by atoms with Crippen molar-refractivity contribution in [3.8, 4) is 0 Å². The third kappa shape index (κ3) is 5.84. The molecule has 8 heteroatoms. The first-order valence-corrected chi connectivity index (χ1v) is 11.5. The lowest BCUT2D eigenvalue weighted by atomic mass is 10.1. The first-order valence-electron chi connectivity index (χ1n) is 10.1. The van der Waals surface area contributed by atoms with Crippen molar-refractivity contribution in [3.63, 3.8) is 0 Å². The van der Waals surface area contributed by atoms with E-state index < -0.39 is 0 Å². The number of thioether (sulfide) groups is 1. The Morgan fingerprint density at radius 3 is 2.74 bits per heavy atom. The number of aromatic nitrogens is 2. The second kappa shape index (κ2) is 10.7. The van der Waals surface area contributed by atoms with Gasteiger partial charge in [0.05, 0.1) is 10.9 Å². The highest BCUT2D eigenvalue weighted by Gasteiger charge is 2.10. The van der Waals surface area contributed by atoms with E-state index in [-0.39, 0.29) is 11.5 Å². The van der Waals surface area contributed by atoms with Gasteiger partial charge < -0.3 is 15.0 Å². The lowest BCUT2D eigenvalue weighted by Gasteiger charge is -2.10. The topological polar surface area (TPSA) is 76.1 Å². The lowest BCUT2D eigenvalue weighted by Crippen LogP contribution is -2.26. The summed E-state index contributed by atoms with van der Waals surface area (Å²) in [7, 11) is 1.62. The zero-order chi connectivity index (χ0) is 22.4. The summed E-state index contributed by atoms with van der Waals surface area (Å²) >= 11 is 7.05. The van der Waals surface area contributed by atoms with Crippen molar-refractivity contribution in [1.82, 2.24) is 14.9 Å². The van der Waals surface area contributed by atoms with E-state index in [9.17, 15) is 9.59 Å². The fourth-order valence-corrected chi connectivity index (χ4v) is 4.35. The molecule has 164 valence electrons. The van der Waals surface area contributed by atoms with Crippen LogP contribution >= 0.6 is 24.0 Å². The molecule has 1 amide bonds. The standard InChI is InChI=1S/C23H27N3O3S2/c1-15-5-7-18(13-16(15)2)31-12-9-24-21(27)17-6-8-19-20(14-17)25-23(30)26(22(19)28)10-4-11-29-3/h5-8,13-14H,4,9-12H2,1-3H3,(H,24,27)(H,25,30). The van der Waals surface area contributed by atoms with E-state index in [1.807, 2.05) is 0 Å². The van der Waals surface area contributed by atoms with E-state index >= 15 is 0 Å². The first kappa shape index (κ1) is 23.2. The van der Waals surface area contributed by atoms with Crippen LogP contribution in [0.25, 0.3) is 10.9 Å². The van der Waals surface area contributed by atoms with Gasteiger partial charge >= 0.3 is 0 Å². The van der Waals surface area contributed by atoms with Gasteiger partial charge in [-0.05, 0) is 73.9 Å². The van der Waals surface area contributed by atoms with Crippen LogP contribution in [0.15, 0.2) is 46.1 Å². The van der Waals surface area contributed by atoms with Crippen LogP contribution in [0.5, 0.6) is 0 Å². The van der Waals surface area contributed by atoms with Gasteiger partial charge in [0.25, 0.3) is 11.5 Å². The van der Waals surface area contributed by atoms with Crippen LogP contribution < -0.4 is 10.9 Å². The number of fused-ring (bicyclic) bond motifs is 1. The van der Waals surface area contributed by atoms with Crippen molar-refractivity contribution in [1.29, 1.82) is 0 Å². The zero-order valence-electron chi connectivity index (χ0n) is 18.0. The maximum Gasteiger partial charge on any atom is 0.262 e. The molecule has 0 aliphatic carbocycles. The van der Waals surface area contributed by atoms with E-state index in [4.69, 9.17) is 17.0 Å². The molecule has 0 saturated carbocycles. The number of hydrogen-bond donors (Lipinski definition) is 2. The van der Waals surface area contributed by atoms with E-state index in [1.165, 1.54) is 20.6 Å². The van der Waals surface area contributed by atoms with Crippen LogP contribution in [0.1, 0.15) is 27.9 Å². The number of benzene rings is 2. The first-order chi connectivity index (χ1) is 14.9. The number of H-pyrrole nitrogens is 1. The third-order valence-corrected chi connectivity index (χ3v) is 6.43. The molecule has 0 bridgehead atoms. The van der Waals surface area contributed by atoms with E-state index in [0.717, 1.165) is 5.75 Å². The van der Waals surface area contributed by atoms with Gasteiger partial charge in [-0.25, -0.2) is 0 Å². The Kier molecular flexibility index (Phi) is 8.06. The summed E-state index contributed by atoms with van der Waals surface area (Å²) in [4.78, 5) is 29.6. The minimum absolute atomic E-state index is 0.161. The van der Waals surface area contributed by atoms with Crippen LogP contribution in [0.4, 0.5) is 0 Å². The molecule has 6 nitrogen and oxygen atoms in total. The quantitative estimate of drug-likeness (QED) is 0.286. The van der Waals surface area contributed by atoms with Gasteiger partial charge in [0.2, 0.25) is 0 Å². The number of amides is 1. The zero-order valence-corrected chi connectivity index (χ0v) is 19.6. The monoisotopic (exact) mass is 457 g/mol. The number of nitrogens with zero attached hydrogens (tertiary/aromatic N) is 1. The summed E-state index contributed by atoms with van der Waals surface area (Å²) in [5.41, 5.74) is 3.43. The van der Waals surface area contributed by atoms with E-state index in [0.29, 0.717) is 47.4 Å². The normalized spacial score (nSPS) is 11.1. The van der Waals surface area contributed by atoms with Crippen LogP contribution in [-0.4, -0.2) is 41.5 Å². The minimum Gasteiger partial charge on any atom is -0.385 e. The third-order valence-electron chi connectivity index (χ3n) is 5.11. The summed E-state index contributed by atoms with van der Waals surface area (Å²) in [5.74, 6) is 0.599. The molecule has 0 unspecified atom stereocenters. The number of aromatic amines is 1. The van der Waals surface area contributed by atoms with Gasteiger partial charge in [-0.1, -0.05) is 6.07 Å². The fraction of sp³-hybridized carbons (Fsp3) is 0.348. The van der Waals surface area contributed by atoms with Gasteiger partial charge in [0.15, 0.2) is 4.77 Å². The minimum atomic E-state index is -0.175. The molecule has 31 heavy (non-hydrogen) atoms. The molecule has 0 atom stereocenters. The van der Waals surface area contributed by atoms with Crippen LogP contribution in [0.2, 0.25) is 0 Å². The Morgan fingerprint density at radius 1 is 1.19 bits per heavy atom. The maximum absolute atomic E-state index is 12.7. The number of carbonyl (C=O) groups excluding carboxylic acids is 1. The second-order valence-corrected chi connectivity index (χ2v) is 8.90. The predicted octanol–water partition coefficient (Wildman–Crippen LogP) is 4.23. The van der Waals surface area contributed by atoms with Crippen molar-refractivity contribution in [2.75, 3.05) is 26.0 Å². The average molecular weight is 458 g/mol. The fourth-order valence-electron chi connectivity index (χ4n) is 3.21. The molecule has 2 aromatic carbocycles. The summed E-state index contributed by atoms with van der Waals surface area (Å²) in [6.07, 6.45) is 0.694. The number of hydrogen-bond acceptors (Lipinski definition) is 5. The molecule has 1 heterocycles. The van der Waals surface area contributed by atoms with Crippen LogP contribution in [0, 0.1) is 18.6 Å². The van der Waals surface area contributed by atoms with Crippen molar-refractivity contribution < 1.29 is 9.53 Å². The summed E-state index contributed by atoms with van der Waals surface area (Å²) in [6.45, 7) is 5.78. The molecule has 2 N–H and O–H groups in total. The maximum atomic E-state index is 12.7. The van der Waals surface area contributed by atoms with Crippen molar-refractivity contribution >= 4 is 40.8 Å². The number of nitrogens with one attached hydrogen (secondary N) is 2. The van der Waals surface area contributed by atoms with Gasteiger partial charge in [-0.3, -0.25) is 14.2 Å². The summed E-state index contributed by atoms with van der Waals surface area (Å²) < 4.78 is 6.91. The van der Waals surface area contributed by atoms with Crippen molar-refractivity contribution in [2.24, 2.45) is 0 Å². The van der Waals surface area contributed by atoms with Crippen LogP contribution in [0.3, 0.4) is 0 Å². The molecule has 1 aromatic heterocycles. The van der Waals surface area contributed by atoms with E-state index in [1.54, 1.807) is 37.1 Å². The molecule has 0 spiro atoms. The smallest absolute Gasteiger partial charge is 0.262 e. The highest BCUT2D eigenvalue weighted by atomic mass is 32.2. The molecule has 0 fully saturated rings. The second-order valence-electron chi connectivity index (χ2n) is 7.34. The van der Waals surface area contributed by atoms with Gasteiger partial charge in [0, 0.05) is 43.0 Å². The molecule has 0 saturated heterocycles. The number of carbonyl (C=O) groups is 1. The van der Waals surface area contributed by atoms with Gasteiger partial charge in [-0.15, -0.1) is 11.8 Å². The largest absolute Gasteiger partial charge is 0.385 e. The lowest BCUT2D eigenvalue weighted by molar-refractivity contribution is 0.0956. The predicted molar refractivity (Wildman–Crippen MR) is 129 cm³/mol. The number of ether oxygens (including phenoxy) is 1.